The normalized spacial score (nSPS) is 20.3. The van der Waals surface area contributed by atoms with Gasteiger partial charge in [0.1, 0.15) is 0 Å². The Morgan fingerprint density at radius 2 is 2.08 bits per heavy atom. The van der Waals surface area contributed by atoms with Crippen molar-refractivity contribution >= 4 is 11.8 Å². The molecule has 0 aromatic carbocycles. The van der Waals surface area contributed by atoms with E-state index < -0.39 is 0 Å². The molecule has 2 aliphatic rings. The van der Waals surface area contributed by atoms with Gasteiger partial charge in [0.15, 0.2) is 5.69 Å². The molecule has 1 saturated heterocycles. The molecule has 7 heteroatoms. The summed E-state index contributed by atoms with van der Waals surface area (Å²) in [6.45, 7) is 8.27. The minimum atomic E-state index is -0.0877. The molecule has 3 heterocycles. The predicted octanol–water partition coefficient (Wildman–Crippen LogP) is 0.786. The first kappa shape index (κ1) is 17.9. The molecule has 2 amide bonds. The second kappa shape index (κ2) is 7.56. The number of carbonyl (C=O) groups excluding carboxylic acids is 2. The Kier molecular flexibility index (Phi) is 5.42. The Labute approximate surface area is 149 Å². The van der Waals surface area contributed by atoms with Crippen molar-refractivity contribution in [3.8, 4) is 0 Å². The number of hydrogen-bond donors (Lipinski definition) is 1. The highest BCUT2D eigenvalue weighted by Gasteiger charge is 2.33. The van der Waals surface area contributed by atoms with E-state index >= 15 is 0 Å². The Hall–Kier alpha value is -1.89. The lowest BCUT2D eigenvalue weighted by Crippen LogP contribution is -2.47. The smallest absolute Gasteiger partial charge is 0.274 e. The molecular weight excluding hydrogens is 318 g/mol. The van der Waals surface area contributed by atoms with E-state index in [4.69, 9.17) is 0 Å². The highest BCUT2D eigenvalue weighted by atomic mass is 16.2. The monoisotopic (exact) mass is 347 g/mol. The van der Waals surface area contributed by atoms with E-state index in [9.17, 15) is 9.59 Å². The summed E-state index contributed by atoms with van der Waals surface area (Å²) in [5.74, 6) is 0.0556. The van der Waals surface area contributed by atoms with Crippen LogP contribution < -0.4 is 5.32 Å². The Morgan fingerprint density at radius 3 is 2.80 bits per heavy atom. The van der Waals surface area contributed by atoms with Gasteiger partial charge in [0.2, 0.25) is 5.91 Å². The average molecular weight is 347 g/mol. The molecule has 1 aromatic rings. The van der Waals surface area contributed by atoms with E-state index in [2.05, 4.69) is 10.4 Å². The lowest BCUT2D eigenvalue weighted by atomic mass is 9.95. The van der Waals surface area contributed by atoms with Crippen LogP contribution in [0.25, 0.3) is 0 Å². The van der Waals surface area contributed by atoms with Crippen LogP contribution in [-0.4, -0.2) is 64.1 Å². The molecule has 1 aromatic heterocycles. The first-order valence-electron chi connectivity index (χ1n) is 9.40. The third-order valence-electron chi connectivity index (χ3n) is 5.45. The highest BCUT2D eigenvalue weighted by Crippen LogP contribution is 2.23. The first-order chi connectivity index (χ1) is 12.1. The SMILES string of the molecule is CCN(CC)C(=O)[C@H]1CCCN(C(=O)c2nn(C)c3c2CNCC3)C1. The summed E-state index contributed by atoms with van der Waals surface area (Å²) in [6.07, 6.45) is 2.63. The van der Waals surface area contributed by atoms with Gasteiger partial charge in [0.05, 0.1) is 5.92 Å². The lowest BCUT2D eigenvalue weighted by molar-refractivity contribution is -0.136. The molecule has 3 rings (SSSR count). The molecule has 0 spiro atoms. The maximum Gasteiger partial charge on any atom is 0.274 e. The number of fused-ring (bicyclic) bond motifs is 1. The van der Waals surface area contributed by atoms with Crippen molar-refractivity contribution in [1.82, 2.24) is 24.9 Å². The first-order valence-corrected chi connectivity index (χ1v) is 9.40. The van der Waals surface area contributed by atoms with E-state index in [0.717, 1.165) is 50.2 Å². The van der Waals surface area contributed by atoms with Gasteiger partial charge in [-0.1, -0.05) is 0 Å². The number of nitrogens with one attached hydrogen (secondary N) is 1. The number of aryl methyl sites for hydroxylation is 1. The van der Waals surface area contributed by atoms with Gasteiger partial charge in [-0.25, -0.2) is 0 Å². The molecule has 25 heavy (non-hydrogen) atoms. The number of piperidine rings is 1. The molecule has 1 atom stereocenters. The topological polar surface area (TPSA) is 70.5 Å². The molecule has 2 aliphatic heterocycles. The van der Waals surface area contributed by atoms with Gasteiger partial charge in [-0.3, -0.25) is 14.3 Å². The van der Waals surface area contributed by atoms with E-state index in [1.54, 1.807) is 0 Å². The van der Waals surface area contributed by atoms with Crippen molar-refractivity contribution in [1.29, 1.82) is 0 Å². The van der Waals surface area contributed by atoms with Gasteiger partial charge in [0.25, 0.3) is 5.91 Å². The van der Waals surface area contributed by atoms with Crippen LogP contribution in [-0.2, 0) is 24.8 Å². The molecule has 0 radical (unpaired) electrons. The van der Waals surface area contributed by atoms with Gasteiger partial charge in [0, 0.05) is 64.0 Å². The fourth-order valence-electron chi connectivity index (χ4n) is 4.00. The fraction of sp³-hybridized carbons (Fsp3) is 0.722. The number of hydrogen-bond acceptors (Lipinski definition) is 4. The van der Waals surface area contributed by atoms with Gasteiger partial charge in [-0.15, -0.1) is 0 Å². The third kappa shape index (κ3) is 3.42. The van der Waals surface area contributed by atoms with Crippen LogP contribution in [0, 0.1) is 5.92 Å². The second-order valence-electron chi connectivity index (χ2n) is 6.93. The fourth-order valence-corrected chi connectivity index (χ4v) is 4.00. The summed E-state index contributed by atoms with van der Waals surface area (Å²) < 4.78 is 1.84. The molecule has 0 aliphatic carbocycles. The van der Waals surface area contributed by atoms with Crippen LogP contribution in [0.3, 0.4) is 0 Å². The van der Waals surface area contributed by atoms with Gasteiger partial charge in [-0.2, -0.15) is 5.10 Å². The third-order valence-corrected chi connectivity index (χ3v) is 5.45. The summed E-state index contributed by atoms with van der Waals surface area (Å²) >= 11 is 0. The maximum absolute atomic E-state index is 13.1. The molecule has 1 fully saturated rings. The van der Waals surface area contributed by atoms with Crippen LogP contribution in [0.15, 0.2) is 0 Å². The quantitative estimate of drug-likeness (QED) is 0.874. The van der Waals surface area contributed by atoms with Gasteiger partial charge >= 0.3 is 0 Å². The number of nitrogens with zero attached hydrogens (tertiary/aromatic N) is 4. The van der Waals surface area contributed by atoms with E-state index in [0.29, 0.717) is 25.3 Å². The summed E-state index contributed by atoms with van der Waals surface area (Å²) in [7, 11) is 1.91. The molecule has 7 nitrogen and oxygen atoms in total. The molecule has 0 saturated carbocycles. The number of aromatic nitrogens is 2. The highest BCUT2D eigenvalue weighted by molar-refractivity contribution is 5.94. The lowest BCUT2D eigenvalue weighted by Gasteiger charge is -2.34. The summed E-state index contributed by atoms with van der Waals surface area (Å²) in [6, 6.07) is 0. The average Bonchev–Trinajstić information content (AvgIpc) is 2.99. The molecule has 1 N–H and O–H groups in total. The van der Waals surface area contributed by atoms with Crippen LogP contribution in [0.4, 0.5) is 0 Å². The van der Waals surface area contributed by atoms with Crippen LogP contribution in [0.1, 0.15) is 48.4 Å². The van der Waals surface area contributed by atoms with Crippen molar-refractivity contribution in [2.24, 2.45) is 13.0 Å². The van der Waals surface area contributed by atoms with Crippen molar-refractivity contribution < 1.29 is 9.59 Å². The zero-order valence-electron chi connectivity index (χ0n) is 15.5. The summed E-state index contributed by atoms with van der Waals surface area (Å²) in [4.78, 5) is 29.4. The Bertz CT molecular complexity index is 650. The summed E-state index contributed by atoms with van der Waals surface area (Å²) in [5.41, 5.74) is 2.73. The minimum Gasteiger partial charge on any atom is -0.343 e. The van der Waals surface area contributed by atoms with E-state index in [1.165, 1.54) is 0 Å². The second-order valence-corrected chi connectivity index (χ2v) is 6.93. The van der Waals surface area contributed by atoms with Crippen molar-refractivity contribution in [3.05, 3.63) is 17.0 Å². The molecular formula is C18H29N5O2. The van der Waals surface area contributed by atoms with Gasteiger partial charge in [-0.05, 0) is 26.7 Å². The van der Waals surface area contributed by atoms with Crippen LogP contribution >= 0.6 is 0 Å². The zero-order valence-corrected chi connectivity index (χ0v) is 15.5. The van der Waals surface area contributed by atoms with Gasteiger partial charge < -0.3 is 15.1 Å². The van der Waals surface area contributed by atoms with Crippen molar-refractivity contribution in [2.45, 2.75) is 39.7 Å². The Morgan fingerprint density at radius 1 is 1.32 bits per heavy atom. The largest absolute Gasteiger partial charge is 0.343 e. The summed E-state index contributed by atoms with van der Waals surface area (Å²) in [5, 5.41) is 7.82. The van der Waals surface area contributed by atoms with Crippen LogP contribution in [0.5, 0.6) is 0 Å². The molecule has 0 bridgehead atoms. The van der Waals surface area contributed by atoms with E-state index in [-0.39, 0.29) is 17.7 Å². The van der Waals surface area contributed by atoms with Crippen LogP contribution in [0.2, 0.25) is 0 Å². The van der Waals surface area contributed by atoms with Crippen molar-refractivity contribution in [2.75, 3.05) is 32.7 Å². The number of likely N-dealkylation sites (tertiary alicyclic amines) is 1. The number of rotatable bonds is 4. The Balaban J connectivity index is 1.76. The molecule has 0 unspecified atom stereocenters. The standard InChI is InChI=1S/C18H29N5O2/c1-4-22(5-2)17(24)13-7-6-10-23(12-13)18(25)16-14-11-19-9-8-15(14)21(3)20-16/h13,19H,4-12H2,1-3H3/t13-/m0/s1. The zero-order chi connectivity index (χ0) is 18.0. The number of carbonyl (C=O) groups is 2. The minimum absolute atomic E-state index is 0.0300. The number of amides is 2. The maximum atomic E-state index is 13.1. The predicted molar refractivity (Wildman–Crippen MR) is 95.2 cm³/mol. The van der Waals surface area contributed by atoms with E-state index in [1.807, 2.05) is 35.4 Å². The van der Waals surface area contributed by atoms with Crippen molar-refractivity contribution in [3.63, 3.8) is 0 Å². The molecule has 138 valence electrons.